The van der Waals surface area contributed by atoms with Crippen LogP contribution in [0.25, 0.3) is 0 Å². The van der Waals surface area contributed by atoms with E-state index in [1.54, 1.807) is 0 Å². The van der Waals surface area contributed by atoms with E-state index in [-0.39, 0.29) is 0 Å². The zero-order valence-corrected chi connectivity index (χ0v) is 8.83. The molecule has 0 saturated carbocycles. The van der Waals surface area contributed by atoms with Gasteiger partial charge in [0.1, 0.15) is 0 Å². The molecule has 0 aliphatic heterocycles. The molecule has 0 amide bonds. The molecular formula is C7H18SSi. The lowest BCUT2D eigenvalue weighted by atomic mass is 10.4. The van der Waals surface area contributed by atoms with E-state index >= 15 is 0 Å². The summed E-state index contributed by atoms with van der Waals surface area (Å²) in [5.74, 6) is 0. The van der Waals surface area contributed by atoms with Crippen molar-refractivity contribution in [2.75, 3.05) is 0 Å². The zero-order chi connectivity index (χ0) is 7.49. The van der Waals surface area contributed by atoms with Crippen LogP contribution >= 0.6 is 12.6 Å². The SMILES string of the molecule is CCCC(S)[Si](C)(C)C. The molecule has 1 atom stereocenters. The molecule has 0 bridgehead atoms. The van der Waals surface area contributed by atoms with Gasteiger partial charge in [-0.15, -0.1) is 0 Å². The average Bonchev–Trinajstić information content (AvgIpc) is 1.64. The van der Waals surface area contributed by atoms with Crippen molar-refractivity contribution in [3.63, 3.8) is 0 Å². The first kappa shape index (κ1) is 9.57. The number of hydrogen-bond donors (Lipinski definition) is 1. The Morgan fingerprint density at radius 2 is 1.78 bits per heavy atom. The van der Waals surface area contributed by atoms with Crippen LogP contribution in [-0.2, 0) is 0 Å². The van der Waals surface area contributed by atoms with Crippen LogP contribution in [0.2, 0.25) is 19.6 Å². The molecule has 0 aromatic heterocycles. The highest BCUT2D eigenvalue weighted by molar-refractivity contribution is 7.83. The second kappa shape index (κ2) is 3.67. The van der Waals surface area contributed by atoms with Crippen molar-refractivity contribution in [3.05, 3.63) is 0 Å². The first-order valence-corrected chi connectivity index (χ1v) is 7.76. The molecule has 0 aromatic rings. The third-order valence-electron chi connectivity index (χ3n) is 1.56. The van der Waals surface area contributed by atoms with Crippen LogP contribution < -0.4 is 0 Å². The fraction of sp³-hybridized carbons (Fsp3) is 1.00. The summed E-state index contributed by atoms with van der Waals surface area (Å²) >= 11 is 4.55. The van der Waals surface area contributed by atoms with E-state index in [0.29, 0.717) is 4.87 Å². The molecule has 0 fully saturated rings. The van der Waals surface area contributed by atoms with Gasteiger partial charge in [0.15, 0.2) is 0 Å². The molecular weight excluding hydrogens is 144 g/mol. The Hall–Kier alpha value is 0.567. The Kier molecular flexibility index (Phi) is 3.90. The summed E-state index contributed by atoms with van der Waals surface area (Å²) in [5.41, 5.74) is 0. The van der Waals surface area contributed by atoms with E-state index in [1.807, 2.05) is 0 Å². The van der Waals surface area contributed by atoms with Gasteiger partial charge in [0.25, 0.3) is 0 Å². The summed E-state index contributed by atoms with van der Waals surface area (Å²) in [6, 6.07) is 0. The van der Waals surface area contributed by atoms with Crippen molar-refractivity contribution in [2.45, 2.75) is 44.3 Å². The molecule has 1 unspecified atom stereocenters. The first-order chi connectivity index (χ1) is 3.98. The van der Waals surface area contributed by atoms with Gasteiger partial charge in [0, 0.05) is 0 Å². The highest BCUT2D eigenvalue weighted by atomic mass is 32.1. The molecule has 0 radical (unpaired) electrons. The lowest BCUT2D eigenvalue weighted by Gasteiger charge is -2.23. The first-order valence-electron chi connectivity index (χ1n) is 3.66. The summed E-state index contributed by atoms with van der Waals surface area (Å²) in [4.78, 5) is 0.697. The largest absolute Gasteiger partial charge is 0.179 e. The van der Waals surface area contributed by atoms with Crippen LogP contribution in [0.15, 0.2) is 0 Å². The molecule has 0 nitrogen and oxygen atoms in total. The Bertz CT molecular complexity index is 75.5. The third-order valence-corrected chi connectivity index (χ3v) is 6.43. The van der Waals surface area contributed by atoms with Crippen LogP contribution in [0.3, 0.4) is 0 Å². The summed E-state index contributed by atoms with van der Waals surface area (Å²) < 4.78 is 0. The molecule has 2 heteroatoms. The molecule has 56 valence electrons. The van der Waals surface area contributed by atoms with Crippen molar-refractivity contribution in [1.29, 1.82) is 0 Å². The molecule has 0 aliphatic carbocycles. The summed E-state index contributed by atoms with van der Waals surface area (Å²) in [6.07, 6.45) is 2.57. The lowest BCUT2D eigenvalue weighted by Crippen LogP contribution is -2.33. The number of thiol groups is 1. The maximum Gasteiger partial charge on any atom is 0.0583 e. The van der Waals surface area contributed by atoms with E-state index < -0.39 is 8.07 Å². The standard InChI is InChI=1S/C7H18SSi/c1-5-6-7(8)9(2,3)4/h7-8H,5-6H2,1-4H3. The maximum atomic E-state index is 4.55. The van der Waals surface area contributed by atoms with Gasteiger partial charge in [-0.25, -0.2) is 0 Å². The molecule has 0 aromatic carbocycles. The Balaban J connectivity index is 3.59. The van der Waals surface area contributed by atoms with Gasteiger partial charge in [-0.3, -0.25) is 0 Å². The fourth-order valence-corrected chi connectivity index (χ4v) is 2.12. The Labute approximate surface area is 65.5 Å². The second-order valence-electron chi connectivity index (χ2n) is 3.67. The maximum absolute atomic E-state index is 4.55. The van der Waals surface area contributed by atoms with Crippen molar-refractivity contribution < 1.29 is 0 Å². The molecule has 0 N–H and O–H groups in total. The highest BCUT2D eigenvalue weighted by Gasteiger charge is 2.21. The second-order valence-corrected chi connectivity index (χ2v) is 10.2. The van der Waals surface area contributed by atoms with Crippen molar-refractivity contribution in [3.8, 4) is 0 Å². The Morgan fingerprint density at radius 3 is 1.89 bits per heavy atom. The normalized spacial score (nSPS) is 15.7. The monoisotopic (exact) mass is 162 g/mol. The van der Waals surface area contributed by atoms with Gasteiger partial charge in [0.05, 0.1) is 8.07 Å². The predicted molar refractivity (Wildman–Crippen MR) is 51.0 cm³/mol. The van der Waals surface area contributed by atoms with E-state index in [4.69, 9.17) is 0 Å². The minimum Gasteiger partial charge on any atom is -0.179 e. The lowest BCUT2D eigenvalue weighted by molar-refractivity contribution is 0.850. The summed E-state index contributed by atoms with van der Waals surface area (Å²) in [7, 11) is -0.917. The minimum absolute atomic E-state index is 0.697. The van der Waals surface area contributed by atoms with Crippen LogP contribution in [0.1, 0.15) is 19.8 Å². The van der Waals surface area contributed by atoms with Crippen LogP contribution in [0, 0.1) is 0 Å². The molecule has 0 rings (SSSR count). The van der Waals surface area contributed by atoms with Crippen molar-refractivity contribution >= 4 is 20.7 Å². The topological polar surface area (TPSA) is 0 Å². The van der Waals surface area contributed by atoms with E-state index in [0.717, 1.165) is 0 Å². The van der Waals surface area contributed by atoms with Crippen LogP contribution in [0.4, 0.5) is 0 Å². The zero-order valence-electron chi connectivity index (χ0n) is 6.94. The van der Waals surface area contributed by atoms with E-state index in [9.17, 15) is 0 Å². The fourth-order valence-electron chi connectivity index (χ4n) is 0.706. The summed E-state index contributed by atoms with van der Waals surface area (Å²) in [5, 5.41) is 0. The van der Waals surface area contributed by atoms with Crippen molar-refractivity contribution in [2.24, 2.45) is 0 Å². The Morgan fingerprint density at radius 1 is 1.33 bits per heavy atom. The summed E-state index contributed by atoms with van der Waals surface area (Å²) in [6.45, 7) is 9.35. The van der Waals surface area contributed by atoms with Gasteiger partial charge in [-0.05, 0) is 11.3 Å². The minimum atomic E-state index is -0.917. The van der Waals surface area contributed by atoms with Gasteiger partial charge in [-0.1, -0.05) is 33.0 Å². The van der Waals surface area contributed by atoms with Crippen LogP contribution in [-0.4, -0.2) is 12.9 Å². The van der Waals surface area contributed by atoms with Gasteiger partial charge >= 0.3 is 0 Å². The van der Waals surface area contributed by atoms with E-state index in [1.165, 1.54) is 12.8 Å². The quantitative estimate of drug-likeness (QED) is 0.479. The van der Waals surface area contributed by atoms with Gasteiger partial charge in [-0.2, -0.15) is 12.6 Å². The molecule has 0 heterocycles. The van der Waals surface area contributed by atoms with Gasteiger partial charge in [0.2, 0.25) is 0 Å². The molecule has 0 aliphatic rings. The molecule has 0 spiro atoms. The van der Waals surface area contributed by atoms with Crippen LogP contribution in [0.5, 0.6) is 0 Å². The number of hydrogen-bond acceptors (Lipinski definition) is 1. The molecule has 0 saturated heterocycles. The number of rotatable bonds is 3. The predicted octanol–water partition coefficient (Wildman–Crippen LogP) is 2.96. The van der Waals surface area contributed by atoms with Crippen molar-refractivity contribution in [1.82, 2.24) is 0 Å². The van der Waals surface area contributed by atoms with E-state index in [2.05, 4.69) is 39.2 Å². The average molecular weight is 162 g/mol. The third kappa shape index (κ3) is 4.04. The smallest absolute Gasteiger partial charge is 0.0583 e. The molecule has 9 heavy (non-hydrogen) atoms. The highest BCUT2D eigenvalue weighted by Crippen LogP contribution is 2.17. The van der Waals surface area contributed by atoms with Gasteiger partial charge < -0.3 is 0 Å².